The Morgan fingerprint density at radius 2 is 1.98 bits per heavy atom. The first kappa shape index (κ1) is 28.0. The van der Waals surface area contributed by atoms with Gasteiger partial charge in [-0.25, -0.2) is 13.4 Å². The highest BCUT2D eigenvalue weighted by Gasteiger charge is 2.45. The number of benzene rings is 2. The smallest absolute Gasteiger partial charge is 0.395 e. The van der Waals surface area contributed by atoms with Gasteiger partial charge in [-0.15, -0.1) is 8.78 Å². The van der Waals surface area contributed by atoms with Gasteiger partial charge in [-0.3, -0.25) is 9.78 Å². The van der Waals surface area contributed by atoms with Gasteiger partial charge >= 0.3 is 6.29 Å². The lowest BCUT2D eigenvalue weighted by Gasteiger charge is -2.31. The van der Waals surface area contributed by atoms with Crippen LogP contribution in [0, 0.1) is 0 Å². The van der Waals surface area contributed by atoms with Crippen molar-refractivity contribution in [2.24, 2.45) is 5.73 Å². The van der Waals surface area contributed by atoms with Gasteiger partial charge in [0.05, 0.1) is 33.5 Å². The average Bonchev–Trinajstić information content (AvgIpc) is 3.44. The first-order chi connectivity index (χ1) is 20.0. The van der Waals surface area contributed by atoms with Crippen LogP contribution in [0.2, 0.25) is 0 Å². The Morgan fingerprint density at radius 1 is 1.19 bits per heavy atom. The van der Waals surface area contributed by atoms with E-state index in [4.69, 9.17) is 15.5 Å². The van der Waals surface area contributed by atoms with E-state index in [1.165, 1.54) is 37.4 Å². The van der Waals surface area contributed by atoms with Crippen molar-refractivity contribution in [1.82, 2.24) is 14.5 Å². The Kier molecular flexibility index (Phi) is 6.89. The summed E-state index contributed by atoms with van der Waals surface area (Å²) < 4.78 is 63.9. The van der Waals surface area contributed by atoms with Gasteiger partial charge in [0.1, 0.15) is 11.9 Å². The minimum absolute atomic E-state index is 0.0384. The molecule has 4 aromatic rings. The molecular formula is C29H28F2N4O6S. The molecule has 10 nitrogen and oxygen atoms in total. The number of aliphatic hydroxyl groups is 1. The fourth-order valence-corrected chi connectivity index (χ4v) is 6.28. The molecular weight excluding hydrogens is 570 g/mol. The number of ether oxygens (including phenoxy) is 2. The molecule has 3 heterocycles. The van der Waals surface area contributed by atoms with Gasteiger partial charge in [-0.05, 0) is 49.2 Å². The minimum Gasteiger partial charge on any atom is -0.395 e. The molecule has 1 fully saturated rings. The van der Waals surface area contributed by atoms with Crippen LogP contribution in [-0.4, -0.2) is 52.1 Å². The zero-order valence-electron chi connectivity index (χ0n) is 22.5. The number of aliphatic hydroxyl groups excluding tert-OH is 1. The maximum Gasteiger partial charge on any atom is 0.586 e. The predicted molar refractivity (Wildman–Crippen MR) is 147 cm³/mol. The molecule has 1 aliphatic heterocycles. The van der Waals surface area contributed by atoms with Crippen molar-refractivity contribution in [3.8, 4) is 11.5 Å². The number of primary amides is 1. The SMILES string of the molecule is CCS(=O)(=O)c1ccc(C(C(O)Cc2cccc3c2OC(F)(F)O3)n2c(C3CCC3)nc3cc(C(N)=O)ccc32)nc1. The summed E-state index contributed by atoms with van der Waals surface area (Å²) in [6, 6.07) is 11.3. The molecule has 2 atom stereocenters. The number of carbonyl (C=O) groups excluding carboxylic acids is 1. The van der Waals surface area contributed by atoms with Crippen molar-refractivity contribution in [1.29, 1.82) is 0 Å². The van der Waals surface area contributed by atoms with Crippen LogP contribution in [0.5, 0.6) is 11.5 Å². The summed E-state index contributed by atoms with van der Waals surface area (Å²) in [6.07, 6.45) is -1.25. The molecule has 2 unspecified atom stereocenters. The second-order valence-electron chi connectivity index (χ2n) is 10.5. The number of carbonyl (C=O) groups is 1. The molecule has 1 aliphatic carbocycles. The number of para-hydroxylation sites is 1. The number of imidazole rings is 1. The third-order valence-corrected chi connectivity index (χ3v) is 9.57. The maximum atomic E-state index is 13.9. The number of hydrogen-bond donors (Lipinski definition) is 2. The lowest BCUT2D eigenvalue weighted by molar-refractivity contribution is -0.287. The molecule has 3 N–H and O–H groups in total. The van der Waals surface area contributed by atoms with Crippen molar-refractivity contribution in [2.45, 2.75) is 61.9 Å². The molecule has 2 aliphatic rings. The summed E-state index contributed by atoms with van der Waals surface area (Å²) in [5, 5.41) is 11.9. The van der Waals surface area contributed by atoms with Gasteiger partial charge in [0, 0.05) is 29.7 Å². The molecule has 0 radical (unpaired) electrons. The highest BCUT2D eigenvalue weighted by Crippen LogP contribution is 2.45. The van der Waals surface area contributed by atoms with Gasteiger partial charge in [-0.2, -0.15) is 0 Å². The van der Waals surface area contributed by atoms with E-state index in [2.05, 4.69) is 9.72 Å². The quantitative estimate of drug-likeness (QED) is 0.293. The van der Waals surface area contributed by atoms with Crippen LogP contribution in [-0.2, 0) is 16.3 Å². The zero-order valence-corrected chi connectivity index (χ0v) is 23.4. The summed E-state index contributed by atoms with van der Waals surface area (Å²) in [7, 11) is -3.53. The monoisotopic (exact) mass is 598 g/mol. The number of alkyl halides is 2. The van der Waals surface area contributed by atoms with E-state index in [1.807, 2.05) is 4.57 Å². The maximum absolute atomic E-state index is 13.9. The van der Waals surface area contributed by atoms with Crippen molar-refractivity contribution in [3.05, 3.63) is 77.4 Å². The van der Waals surface area contributed by atoms with Crippen LogP contribution < -0.4 is 15.2 Å². The Balaban J connectivity index is 1.50. The zero-order chi connectivity index (χ0) is 29.8. The number of nitrogens with two attached hydrogens (primary N) is 1. The lowest BCUT2D eigenvalue weighted by atomic mass is 9.84. The van der Waals surface area contributed by atoms with Crippen LogP contribution >= 0.6 is 0 Å². The molecule has 0 saturated heterocycles. The number of pyridine rings is 1. The van der Waals surface area contributed by atoms with Crippen LogP contribution in [0.1, 0.15) is 65.6 Å². The molecule has 1 amide bonds. The lowest BCUT2D eigenvalue weighted by Crippen LogP contribution is -2.31. The predicted octanol–water partition coefficient (Wildman–Crippen LogP) is 4.11. The van der Waals surface area contributed by atoms with E-state index in [0.717, 1.165) is 19.3 Å². The average molecular weight is 599 g/mol. The van der Waals surface area contributed by atoms with Crippen molar-refractivity contribution >= 4 is 26.8 Å². The third kappa shape index (κ3) is 4.96. The summed E-state index contributed by atoms with van der Waals surface area (Å²) in [5.74, 6) is -0.293. The first-order valence-corrected chi connectivity index (χ1v) is 15.2. The molecule has 2 aromatic heterocycles. The van der Waals surface area contributed by atoms with Crippen molar-refractivity contribution in [3.63, 3.8) is 0 Å². The number of nitrogens with zero attached hydrogens (tertiary/aromatic N) is 3. The number of hydrogen-bond acceptors (Lipinski definition) is 8. The molecule has 13 heteroatoms. The van der Waals surface area contributed by atoms with E-state index in [9.17, 15) is 27.1 Å². The number of sulfone groups is 1. The minimum atomic E-state index is -3.83. The second-order valence-corrected chi connectivity index (χ2v) is 12.8. The summed E-state index contributed by atoms with van der Waals surface area (Å²) >= 11 is 0. The fourth-order valence-electron chi connectivity index (χ4n) is 5.46. The third-order valence-electron chi connectivity index (χ3n) is 7.85. The molecule has 6 rings (SSSR count). The Morgan fingerprint density at radius 3 is 2.62 bits per heavy atom. The van der Waals surface area contributed by atoms with E-state index in [1.54, 1.807) is 24.3 Å². The van der Waals surface area contributed by atoms with Crippen LogP contribution in [0.4, 0.5) is 8.78 Å². The molecule has 2 aromatic carbocycles. The van der Waals surface area contributed by atoms with E-state index >= 15 is 0 Å². The Bertz CT molecular complexity index is 1790. The number of rotatable bonds is 9. The standard InChI is InChI=1S/C29H28F2N4O6S/c1-2-42(38,39)19-10-11-20(33-15-19)25(23(36)14-17-7-4-8-24-26(17)41-29(30,31)40-24)35-22-12-9-18(27(32)37)13-21(22)34-28(35)16-5-3-6-16/h4,7-13,15-16,23,25,36H,2-3,5-6,14H2,1H3,(H2,32,37). The van der Waals surface area contributed by atoms with Crippen molar-refractivity contribution < 1.29 is 36.6 Å². The van der Waals surface area contributed by atoms with Crippen molar-refractivity contribution in [2.75, 3.05) is 5.75 Å². The van der Waals surface area contributed by atoms with Gasteiger partial charge in [-0.1, -0.05) is 25.5 Å². The molecule has 1 saturated carbocycles. The van der Waals surface area contributed by atoms with Gasteiger partial charge in [0.25, 0.3) is 0 Å². The Hall–Kier alpha value is -4.10. The topological polar surface area (TPSA) is 147 Å². The number of fused-ring (bicyclic) bond motifs is 2. The summed E-state index contributed by atoms with van der Waals surface area (Å²) in [4.78, 5) is 21.2. The van der Waals surface area contributed by atoms with Crippen LogP contribution in [0.15, 0.2) is 59.6 Å². The van der Waals surface area contributed by atoms with E-state index < -0.39 is 34.2 Å². The highest BCUT2D eigenvalue weighted by molar-refractivity contribution is 7.91. The van der Waals surface area contributed by atoms with Gasteiger partial charge in [0.15, 0.2) is 21.3 Å². The molecule has 0 spiro atoms. The van der Waals surface area contributed by atoms with Crippen LogP contribution in [0.25, 0.3) is 11.0 Å². The van der Waals surface area contributed by atoms with E-state index in [-0.39, 0.29) is 45.6 Å². The number of aromatic nitrogens is 3. The second kappa shape index (κ2) is 10.3. The molecule has 220 valence electrons. The molecule has 42 heavy (non-hydrogen) atoms. The fraction of sp³-hybridized carbons (Fsp3) is 0.345. The van der Waals surface area contributed by atoms with Crippen LogP contribution in [0.3, 0.4) is 0 Å². The largest absolute Gasteiger partial charge is 0.586 e. The van der Waals surface area contributed by atoms with E-state index in [0.29, 0.717) is 22.6 Å². The number of halogens is 2. The highest BCUT2D eigenvalue weighted by atomic mass is 32.2. The van der Waals surface area contributed by atoms with Gasteiger partial charge < -0.3 is 24.9 Å². The number of amides is 1. The molecule has 0 bridgehead atoms. The summed E-state index contributed by atoms with van der Waals surface area (Å²) in [5.41, 5.74) is 7.50. The Labute approximate surface area is 240 Å². The van der Waals surface area contributed by atoms with Gasteiger partial charge in [0.2, 0.25) is 5.91 Å². The normalized spacial score (nSPS) is 17.6. The first-order valence-electron chi connectivity index (χ1n) is 13.5. The summed E-state index contributed by atoms with van der Waals surface area (Å²) in [6.45, 7) is 1.53.